The van der Waals surface area contributed by atoms with E-state index in [2.05, 4.69) is 4.98 Å². The highest BCUT2D eigenvalue weighted by Crippen LogP contribution is 2.48. The van der Waals surface area contributed by atoms with Crippen LogP contribution in [0.2, 0.25) is 0 Å². The number of pyridine rings is 1. The third-order valence-corrected chi connectivity index (χ3v) is 5.92. The molecule has 2 atom stereocenters. The number of ether oxygens (including phenoxy) is 3. The number of hydrogen-bond acceptors (Lipinski definition) is 6. The highest BCUT2D eigenvalue weighted by atomic mass is 16.6. The smallest absolute Gasteiger partial charge is 0.410 e. The van der Waals surface area contributed by atoms with Crippen molar-refractivity contribution in [2.75, 3.05) is 14.2 Å². The lowest BCUT2D eigenvalue weighted by molar-refractivity contribution is -0.0551. The zero-order valence-corrected chi connectivity index (χ0v) is 16.7. The van der Waals surface area contributed by atoms with E-state index in [0.717, 1.165) is 18.4 Å². The molecule has 3 heterocycles. The summed E-state index contributed by atoms with van der Waals surface area (Å²) in [5.41, 5.74) is 0.484. The molecule has 1 amide bonds. The Morgan fingerprint density at radius 3 is 2.41 bits per heavy atom. The van der Waals surface area contributed by atoms with Crippen molar-refractivity contribution in [2.24, 2.45) is 0 Å². The summed E-state index contributed by atoms with van der Waals surface area (Å²) in [5, 5.41) is 11.5. The molecule has 2 fully saturated rings. The third kappa shape index (κ3) is 3.74. The summed E-state index contributed by atoms with van der Waals surface area (Å²) in [5.74, 6) is 0.783. The van der Waals surface area contributed by atoms with E-state index in [0.29, 0.717) is 30.2 Å². The molecule has 0 saturated carbocycles. The van der Waals surface area contributed by atoms with Crippen LogP contribution in [0.15, 0.2) is 42.5 Å². The van der Waals surface area contributed by atoms with Crippen molar-refractivity contribution in [3.8, 4) is 11.8 Å². The Hall–Kier alpha value is -2.80. The highest BCUT2D eigenvalue weighted by Gasteiger charge is 2.51. The van der Waals surface area contributed by atoms with E-state index >= 15 is 0 Å². The van der Waals surface area contributed by atoms with Crippen LogP contribution < -0.4 is 9.47 Å². The number of aromatic nitrogens is 1. The zero-order chi connectivity index (χ0) is 20.4. The summed E-state index contributed by atoms with van der Waals surface area (Å²) < 4.78 is 16.1. The number of hydrogen-bond donors (Lipinski definition) is 1. The van der Waals surface area contributed by atoms with Crippen LogP contribution in [0.5, 0.6) is 11.8 Å². The van der Waals surface area contributed by atoms with Crippen molar-refractivity contribution in [3.63, 3.8) is 0 Å². The number of nitrogens with zero attached hydrogens (tertiary/aromatic N) is 2. The van der Waals surface area contributed by atoms with Gasteiger partial charge in [0.1, 0.15) is 6.61 Å². The highest BCUT2D eigenvalue weighted by molar-refractivity contribution is 5.69. The molecule has 2 saturated heterocycles. The minimum Gasteiger partial charge on any atom is -0.481 e. The van der Waals surface area contributed by atoms with Crippen molar-refractivity contribution in [2.45, 2.75) is 50.0 Å². The second-order valence-corrected chi connectivity index (χ2v) is 7.68. The van der Waals surface area contributed by atoms with Gasteiger partial charge in [-0.1, -0.05) is 30.3 Å². The van der Waals surface area contributed by atoms with Gasteiger partial charge in [-0.3, -0.25) is 0 Å². The van der Waals surface area contributed by atoms with E-state index in [1.165, 1.54) is 14.2 Å². The molecular formula is C22H26N2O5. The Bertz CT molecular complexity index is 859. The number of amides is 1. The Morgan fingerprint density at radius 1 is 1.10 bits per heavy atom. The van der Waals surface area contributed by atoms with Gasteiger partial charge in [0.05, 0.1) is 19.8 Å². The summed E-state index contributed by atoms with van der Waals surface area (Å²) >= 11 is 0. The van der Waals surface area contributed by atoms with Gasteiger partial charge in [-0.2, -0.15) is 4.98 Å². The fourth-order valence-electron chi connectivity index (χ4n) is 4.58. The van der Waals surface area contributed by atoms with Gasteiger partial charge >= 0.3 is 6.09 Å². The fourth-order valence-corrected chi connectivity index (χ4v) is 4.58. The van der Waals surface area contributed by atoms with Crippen LogP contribution in [-0.4, -0.2) is 47.4 Å². The minimum absolute atomic E-state index is 0.0752. The molecule has 1 aromatic carbocycles. The van der Waals surface area contributed by atoms with Crippen LogP contribution >= 0.6 is 0 Å². The van der Waals surface area contributed by atoms with E-state index in [1.54, 1.807) is 17.0 Å². The van der Waals surface area contributed by atoms with Crippen molar-refractivity contribution < 1.29 is 24.1 Å². The average Bonchev–Trinajstić information content (AvgIpc) is 3.04. The lowest BCUT2D eigenvalue weighted by Gasteiger charge is -2.43. The molecule has 29 heavy (non-hydrogen) atoms. The number of benzene rings is 1. The first-order valence-corrected chi connectivity index (χ1v) is 9.85. The second kappa shape index (κ2) is 7.91. The Kier molecular flexibility index (Phi) is 5.32. The SMILES string of the molecule is COc1ccc(C2(O)CC3CCC(C2)N3C(=O)OCc2ccccc2)c(OC)n1. The summed E-state index contributed by atoms with van der Waals surface area (Å²) in [6, 6.07) is 13.0. The van der Waals surface area contributed by atoms with Gasteiger partial charge in [-0.15, -0.1) is 0 Å². The Balaban J connectivity index is 1.49. The van der Waals surface area contributed by atoms with Gasteiger partial charge in [0, 0.05) is 36.6 Å². The van der Waals surface area contributed by atoms with Crippen molar-refractivity contribution in [1.29, 1.82) is 0 Å². The van der Waals surface area contributed by atoms with Crippen LogP contribution in [0.1, 0.15) is 36.8 Å². The summed E-state index contributed by atoms with van der Waals surface area (Å²) in [6.45, 7) is 0.246. The maximum absolute atomic E-state index is 12.8. The second-order valence-electron chi connectivity index (χ2n) is 7.68. The van der Waals surface area contributed by atoms with Gasteiger partial charge in [-0.05, 0) is 24.5 Å². The predicted molar refractivity (Wildman–Crippen MR) is 106 cm³/mol. The van der Waals surface area contributed by atoms with Gasteiger partial charge in [0.25, 0.3) is 0 Å². The molecule has 2 bridgehead atoms. The number of carbonyl (C=O) groups is 1. The maximum Gasteiger partial charge on any atom is 0.410 e. The third-order valence-electron chi connectivity index (χ3n) is 5.92. The molecule has 2 aliphatic rings. The predicted octanol–water partition coefficient (Wildman–Crippen LogP) is 3.25. The number of carbonyl (C=O) groups excluding carboxylic acids is 1. The molecule has 2 unspecified atom stereocenters. The van der Waals surface area contributed by atoms with Crippen molar-refractivity contribution in [1.82, 2.24) is 9.88 Å². The maximum atomic E-state index is 12.8. The fraction of sp³-hybridized carbons (Fsp3) is 0.455. The van der Waals surface area contributed by atoms with Gasteiger partial charge in [0.2, 0.25) is 11.8 Å². The molecule has 4 rings (SSSR count). The normalized spacial score (nSPS) is 25.6. The van der Waals surface area contributed by atoms with Gasteiger partial charge in [0.15, 0.2) is 0 Å². The molecule has 2 aromatic rings. The lowest BCUT2D eigenvalue weighted by atomic mass is 9.81. The number of aliphatic hydroxyl groups is 1. The number of methoxy groups -OCH3 is 2. The van der Waals surface area contributed by atoms with E-state index < -0.39 is 5.60 Å². The average molecular weight is 398 g/mol. The van der Waals surface area contributed by atoms with Crippen LogP contribution in [-0.2, 0) is 16.9 Å². The minimum atomic E-state index is -1.10. The monoisotopic (exact) mass is 398 g/mol. The van der Waals surface area contributed by atoms with Gasteiger partial charge < -0.3 is 24.2 Å². The summed E-state index contributed by atoms with van der Waals surface area (Å²) in [6.07, 6.45) is 2.23. The summed E-state index contributed by atoms with van der Waals surface area (Å²) in [4.78, 5) is 18.9. The molecule has 0 spiro atoms. The molecule has 7 heteroatoms. The molecule has 2 aliphatic heterocycles. The first kappa shape index (κ1) is 19.5. The topological polar surface area (TPSA) is 81.1 Å². The van der Waals surface area contributed by atoms with Crippen LogP contribution in [0.4, 0.5) is 4.79 Å². The largest absolute Gasteiger partial charge is 0.481 e. The summed E-state index contributed by atoms with van der Waals surface area (Å²) in [7, 11) is 3.06. The van der Waals surface area contributed by atoms with E-state index in [4.69, 9.17) is 14.2 Å². The van der Waals surface area contributed by atoms with Crippen LogP contribution in [0, 0.1) is 0 Å². The Labute approximate surface area is 170 Å². The molecule has 7 nitrogen and oxygen atoms in total. The quantitative estimate of drug-likeness (QED) is 0.833. The molecule has 1 aromatic heterocycles. The molecule has 0 radical (unpaired) electrons. The Morgan fingerprint density at radius 2 is 1.79 bits per heavy atom. The van der Waals surface area contributed by atoms with Crippen molar-refractivity contribution >= 4 is 6.09 Å². The number of piperidine rings is 1. The standard InChI is InChI=1S/C22H26N2O5/c1-27-19-11-10-18(20(23-19)28-2)22(26)12-16-8-9-17(13-22)24(16)21(25)29-14-15-6-4-3-5-7-15/h3-7,10-11,16-17,26H,8-9,12-14H2,1-2H3. The number of rotatable bonds is 5. The zero-order valence-electron chi connectivity index (χ0n) is 16.7. The molecular weight excluding hydrogens is 372 g/mol. The van der Waals surface area contributed by atoms with Crippen LogP contribution in [0.25, 0.3) is 0 Å². The first-order valence-electron chi connectivity index (χ1n) is 9.85. The lowest BCUT2D eigenvalue weighted by Crippen LogP contribution is -2.52. The van der Waals surface area contributed by atoms with E-state index in [9.17, 15) is 9.90 Å². The molecule has 154 valence electrons. The molecule has 1 N–H and O–H groups in total. The first-order chi connectivity index (χ1) is 14.0. The van der Waals surface area contributed by atoms with Crippen molar-refractivity contribution in [3.05, 3.63) is 53.6 Å². The van der Waals surface area contributed by atoms with Gasteiger partial charge in [-0.25, -0.2) is 4.79 Å². The number of fused-ring (bicyclic) bond motifs is 2. The van der Waals surface area contributed by atoms with Crippen LogP contribution in [0.3, 0.4) is 0 Å². The van der Waals surface area contributed by atoms with E-state index in [1.807, 2.05) is 30.3 Å². The van der Waals surface area contributed by atoms with E-state index in [-0.39, 0.29) is 24.8 Å². The molecule has 0 aliphatic carbocycles.